The zero-order valence-corrected chi connectivity index (χ0v) is 15.0. The normalized spacial score (nSPS) is 11.2. The first-order valence-electron chi connectivity index (χ1n) is 8.10. The average Bonchev–Trinajstić information content (AvgIpc) is 2.62. The summed E-state index contributed by atoms with van der Waals surface area (Å²) in [7, 11) is 0. The number of fused-ring (bicyclic) bond motifs is 1. The molecule has 3 aromatic rings. The summed E-state index contributed by atoms with van der Waals surface area (Å²) in [5, 5.41) is 1.05. The molecule has 0 aliphatic rings. The monoisotopic (exact) mass is 358 g/mol. The van der Waals surface area contributed by atoms with Crippen LogP contribution in [0.1, 0.15) is 12.5 Å². The van der Waals surface area contributed by atoms with Crippen molar-refractivity contribution in [3.8, 4) is 5.69 Å². The Kier molecular flexibility index (Phi) is 5.50. The number of benzene rings is 2. The number of halogens is 1. The Hall–Kier alpha value is -2.18. The second kappa shape index (κ2) is 7.80. The van der Waals surface area contributed by atoms with Crippen LogP contribution in [-0.4, -0.2) is 28.5 Å². The molecule has 3 rings (SSSR count). The van der Waals surface area contributed by atoms with E-state index in [4.69, 9.17) is 4.74 Å². The van der Waals surface area contributed by atoms with Crippen molar-refractivity contribution in [1.29, 1.82) is 0 Å². The van der Waals surface area contributed by atoms with Gasteiger partial charge < -0.3 is 4.74 Å². The topological polar surface area (TPSA) is 44.1 Å². The molecule has 0 fully saturated rings. The molecule has 4 nitrogen and oxygen atoms in total. The average molecular weight is 358 g/mol. The second-order valence-electron chi connectivity index (χ2n) is 5.53. The summed E-state index contributed by atoms with van der Waals surface area (Å²) in [5.74, 6) is 0.315. The van der Waals surface area contributed by atoms with Crippen LogP contribution in [0.25, 0.3) is 16.6 Å². The number of hydrogen-bond acceptors (Lipinski definition) is 4. The van der Waals surface area contributed by atoms with Gasteiger partial charge in [0.05, 0.1) is 23.2 Å². The highest BCUT2D eigenvalue weighted by Gasteiger charge is 2.14. The smallest absolute Gasteiger partial charge is 0.266 e. The number of rotatable bonds is 6. The Balaban J connectivity index is 2.14. The lowest BCUT2D eigenvalue weighted by Gasteiger charge is -2.13. The Labute approximate surface area is 149 Å². The number of ether oxygens (including phenoxy) is 1. The molecule has 25 heavy (non-hydrogen) atoms. The highest BCUT2D eigenvalue weighted by molar-refractivity contribution is 7.99. The standard InChI is InChI=1S/C19H19FN2O2S/c1-3-24-10-11-25-19-21-17-7-5-4-6-15(17)18(23)22(19)14-9-8-13(2)16(20)12-14/h4-9,12H,3,10-11H2,1-2H3. The molecule has 0 atom stereocenters. The van der Waals surface area contributed by atoms with Gasteiger partial charge in [-0.15, -0.1) is 0 Å². The largest absolute Gasteiger partial charge is 0.381 e. The fourth-order valence-corrected chi connectivity index (χ4v) is 3.36. The van der Waals surface area contributed by atoms with Gasteiger partial charge in [-0.1, -0.05) is 30.0 Å². The highest BCUT2D eigenvalue weighted by atomic mass is 32.2. The van der Waals surface area contributed by atoms with E-state index in [1.54, 1.807) is 31.2 Å². The van der Waals surface area contributed by atoms with Gasteiger partial charge in [0, 0.05) is 12.4 Å². The molecule has 0 unspecified atom stereocenters. The van der Waals surface area contributed by atoms with E-state index in [1.165, 1.54) is 22.4 Å². The van der Waals surface area contributed by atoms with Crippen molar-refractivity contribution in [3.63, 3.8) is 0 Å². The first-order chi connectivity index (χ1) is 12.1. The molecule has 0 N–H and O–H groups in total. The summed E-state index contributed by atoms with van der Waals surface area (Å²) < 4.78 is 20.9. The van der Waals surface area contributed by atoms with Gasteiger partial charge in [-0.3, -0.25) is 9.36 Å². The lowest BCUT2D eigenvalue weighted by molar-refractivity contribution is 0.164. The summed E-state index contributed by atoms with van der Waals surface area (Å²) in [6.07, 6.45) is 0. The highest BCUT2D eigenvalue weighted by Crippen LogP contribution is 2.22. The molecule has 6 heteroatoms. The van der Waals surface area contributed by atoms with Crippen LogP contribution in [0, 0.1) is 12.7 Å². The molecule has 0 saturated heterocycles. The van der Waals surface area contributed by atoms with E-state index in [0.717, 1.165) is 0 Å². The van der Waals surface area contributed by atoms with Gasteiger partial charge in [-0.05, 0) is 43.7 Å². The molecular formula is C19H19FN2O2S. The van der Waals surface area contributed by atoms with Gasteiger partial charge in [0.1, 0.15) is 5.82 Å². The maximum atomic E-state index is 14.0. The SMILES string of the molecule is CCOCCSc1nc2ccccc2c(=O)n1-c1ccc(C)c(F)c1. The molecule has 0 aliphatic heterocycles. The van der Waals surface area contributed by atoms with Crippen molar-refractivity contribution >= 4 is 22.7 Å². The Morgan fingerprint density at radius 3 is 2.80 bits per heavy atom. The van der Waals surface area contributed by atoms with Crippen LogP contribution in [0.2, 0.25) is 0 Å². The number of nitrogens with zero attached hydrogens (tertiary/aromatic N) is 2. The molecule has 0 saturated carbocycles. The number of para-hydroxylation sites is 1. The maximum absolute atomic E-state index is 14.0. The Morgan fingerprint density at radius 2 is 2.04 bits per heavy atom. The van der Waals surface area contributed by atoms with E-state index in [-0.39, 0.29) is 11.4 Å². The molecule has 2 aromatic carbocycles. The fourth-order valence-electron chi connectivity index (χ4n) is 2.49. The Morgan fingerprint density at radius 1 is 1.24 bits per heavy atom. The molecule has 0 aliphatic carbocycles. The van der Waals surface area contributed by atoms with Gasteiger partial charge in [-0.2, -0.15) is 0 Å². The third-order valence-electron chi connectivity index (χ3n) is 3.82. The van der Waals surface area contributed by atoms with Crippen molar-refractivity contribution in [2.24, 2.45) is 0 Å². The molecule has 0 amide bonds. The van der Waals surface area contributed by atoms with E-state index in [1.807, 2.05) is 19.1 Å². The minimum absolute atomic E-state index is 0.201. The van der Waals surface area contributed by atoms with Crippen LogP contribution in [0.5, 0.6) is 0 Å². The minimum atomic E-state index is -0.345. The summed E-state index contributed by atoms with van der Waals surface area (Å²) >= 11 is 1.43. The Bertz CT molecular complexity index is 956. The molecule has 1 heterocycles. The van der Waals surface area contributed by atoms with Crippen LogP contribution in [-0.2, 0) is 4.74 Å². The van der Waals surface area contributed by atoms with Crippen LogP contribution >= 0.6 is 11.8 Å². The number of aromatic nitrogens is 2. The van der Waals surface area contributed by atoms with E-state index in [2.05, 4.69) is 4.98 Å². The number of thioether (sulfide) groups is 1. The fraction of sp³-hybridized carbons (Fsp3) is 0.263. The van der Waals surface area contributed by atoms with Crippen molar-refractivity contribution in [2.75, 3.05) is 19.0 Å². The zero-order chi connectivity index (χ0) is 17.8. The van der Waals surface area contributed by atoms with Crippen LogP contribution in [0.3, 0.4) is 0 Å². The molecule has 130 valence electrons. The van der Waals surface area contributed by atoms with Crippen LogP contribution in [0.15, 0.2) is 52.4 Å². The van der Waals surface area contributed by atoms with Crippen LogP contribution in [0.4, 0.5) is 4.39 Å². The molecule has 1 aromatic heterocycles. The molecule has 0 bridgehead atoms. The lowest BCUT2D eigenvalue weighted by atomic mass is 10.2. The van der Waals surface area contributed by atoms with Gasteiger partial charge in [-0.25, -0.2) is 9.37 Å². The summed E-state index contributed by atoms with van der Waals surface area (Å²) in [6, 6.07) is 12.0. The van der Waals surface area contributed by atoms with E-state index >= 15 is 0 Å². The molecule has 0 radical (unpaired) electrons. The number of hydrogen-bond donors (Lipinski definition) is 0. The predicted molar refractivity (Wildman–Crippen MR) is 99.3 cm³/mol. The van der Waals surface area contributed by atoms with Gasteiger partial charge in [0.2, 0.25) is 0 Å². The van der Waals surface area contributed by atoms with Crippen molar-refractivity contribution < 1.29 is 9.13 Å². The van der Waals surface area contributed by atoms with Gasteiger partial charge in [0.15, 0.2) is 5.16 Å². The van der Waals surface area contributed by atoms with E-state index < -0.39 is 0 Å². The van der Waals surface area contributed by atoms with E-state index in [0.29, 0.717) is 46.3 Å². The maximum Gasteiger partial charge on any atom is 0.266 e. The van der Waals surface area contributed by atoms with E-state index in [9.17, 15) is 9.18 Å². The van der Waals surface area contributed by atoms with Gasteiger partial charge in [0.25, 0.3) is 5.56 Å². The van der Waals surface area contributed by atoms with Crippen LogP contribution < -0.4 is 5.56 Å². The summed E-state index contributed by atoms with van der Waals surface area (Å²) in [5.41, 5.74) is 1.45. The third-order valence-corrected chi connectivity index (χ3v) is 4.72. The quantitative estimate of drug-likeness (QED) is 0.380. The first kappa shape index (κ1) is 17.6. The summed E-state index contributed by atoms with van der Waals surface area (Å²) in [4.78, 5) is 17.6. The zero-order valence-electron chi connectivity index (χ0n) is 14.2. The minimum Gasteiger partial charge on any atom is -0.381 e. The van der Waals surface area contributed by atoms with Crippen molar-refractivity contribution in [1.82, 2.24) is 9.55 Å². The van der Waals surface area contributed by atoms with Gasteiger partial charge >= 0.3 is 0 Å². The van der Waals surface area contributed by atoms with Crippen molar-refractivity contribution in [3.05, 3.63) is 64.2 Å². The van der Waals surface area contributed by atoms with Crippen molar-refractivity contribution in [2.45, 2.75) is 19.0 Å². The number of aryl methyl sites for hydroxylation is 1. The first-order valence-corrected chi connectivity index (χ1v) is 9.09. The second-order valence-corrected chi connectivity index (χ2v) is 6.59. The predicted octanol–water partition coefficient (Wildman–Crippen LogP) is 3.96. The third kappa shape index (κ3) is 3.75. The summed E-state index contributed by atoms with van der Waals surface area (Å²) in [6.45, 7) is 4.83. The molecular weight excluding hydrogens is 339 g/mol. The lowest BCUT2D eigenvalue weighted by Crippen LogP contribution is -2.22. The molecule has 0 spiro atoms.